The number of hydrogen-bond acceptors (Lipinski definition) is 8. The smallest absolute Gasteiger partial charge is 0.253 e. The normalized spacial score (nSPS) is 11.4. The highest BCUT2D eigenvalue weighted by atomic mass is 16.2. The third kappa shape index (κ3) is 13.7. The van der Waals surface area contributed by atoms with Crippen molar-refractivity contribution in [3.8, 4) is 0 Å². The molecule has 2 amide bonds. The summed E-state index contributed by atoms with van der Waals surface area (Å²) in [5, 5.41) is 3.22. The van der Waals surface area contributed by atoms with Crippen LogP contribution in [0.3, 0.4) is 0 Å². The number of carbonyl (C=O) groups excluding carboxylic acids is 4. The number of carbonyl (C=O) groups is 4. The van der Waals surface area contributed by atoms with Crippen LogP contribution in [0, 0.1) is 6.92 Å². The fraction of sp³-hybridized carbons (Fsp3) is 0.297. The zero-order chi connectivity index (χ0) is 35.2. The number of hydrogen-bond donors (Lipinski definition) is 1. The molecule has 10 nitrogen and oxygen atoms in total. The van der Waals surface area contributed by atoms with Gasteiger partial charge in [-0.15, -0.1) is 0 Å². The Labute approximate surface area is 279 Å². The third-order valence-electron chi connectivity index (χ3n) is 6.89. The van der Waals surface area contributed by atoms with Gasteiger partial charge >= 0.3 is 0 Å². The van der Waals surface area contributed by atoms with Gasteiger partial charge in [-0.1, -0.05) is 61.9 Å². The van der Waals surface area contributed by atoms with E-state index in [9.17, 15) is 9.59 Å². The molecule has 0 spiro atoms. The van der Waals surface area contributed by atoms with Gasteiger partial charge in [0.1, 0.15) is 13.6 Å². The van der Waals surface area contributed by atoms with Crippen molar-refractivity contribution >= 4 is 42.7 Å². The minimum atomic E-state index is -0.0201. The Hall–Kier alpha value is -5.38. The van der Waals surface area contributed by atoms with Gasteiger partial charge in [0, 0.05) is 76.8 Å². The van der Waals surface area contributed by atoms with Crippen molar-refractivity contribution in [2.45, 2.75) is 34.1 Å². The van der Waals surface area contributed by atoms with E-state index in [1.807, 2.05) is 77.9 Å². The van der Waals surface area contributed by atoms with E-state index in [2.05, 4.69) is 63.5 Å². The molecule has 0 aliphatic carbocycles. The molecule has 1 aliphatic rings. The molecule has 0 radical (unpaired) electrons. The van der Waals surface area contributed by atoms with Crippen molar-refractivity contribution in [2.24, 2.45) is 0 Å². The van der Waals surface area contributed by atoms with Crippen molar-refractivity contribution in [1.29, 1.82) is 0 Å². The molecule has 250 valence electrons. The molecule has 1 N–H and O–H groups in total. The fourth-order valence-electron chi connectivity index (χ4n) is 4.44. The molecule has 1 fully saturated rings. The number of benzene rings is 3. The van der Waals surface area contributed by atoms with Crippen LogP contribution in [0.25, 0.3) is 0 Å². The van der Waals surface area contributed by atoms with Crippen LogP contribution in [0.1, 0.15) is 48.0 Å². The van der Waals surface area contributed by atoms with Crippen LogP contribution in [0.15, 0.2) is 91.1 Å². The van der Waals surface area contributed by atoms with Crippen LogP contribution in [-0.2, 0) is 20.8 Å². The lowest BCUT2D eigenvalue weighted by Crippen LogP contribution is -2.50. The summed E-state index contributed by atoms with van der Waals surface area (Å²) in [6, 6.07) is 27.9. The van der Waals surface area contributed by atoms with Crippen LogP contribution in [0.4, 0.5) is 17.3 Å². The van der Waals surface area contributed by atoms with Gasteiger partial charge in [-0.2, -0.15) is 0 Å². The number of amides is 2. The van der Waals surface area contributed by atoms with Crippen LogP contribution >= 0.6 is 0 Å². The molecule has 0 unspecified atom stereocenters. The maximum absolute atomic E-state index is 12.8. The minimum Gasteiger partial charge on any atom is -0.378 e. The Morgan fingerprint density at radius 3 is 1.83 bits per heavy atom. The summed E-state index contributed by atoms with van der Waals surface area (Å²) in [6.45, 7) is 13.9. The van der Waals surface area contributed by atoms with Gasteiger partial charge in [0.25, 0.3) is 5.91 Å². The second-order valence-corrected chi connectivity index (χ2v) is 10.3. The number of anilines is 3. The molecule has 4 aromatic rings. The van der Waals surface area contributed by atoms with Crippen molar-refractivity contribution in [3.63, 3.8) is 0 Å². The summed E-state index contributed by atoms with van der Waals surface area (Å²) in [5.41, 5.74) is 6.02. The van der Waals surface area contributed by atoms with Crippen LogP contribution in [-0.4, -0.2) is 85.4 Å². The minimum absolute atomic E-state index is 0.0201. The summed E-state index contributed by atoms with van der Waals surface area (Å²) in [7, 11) is 4.05. The van der Waals surface area contributed by atoms with Crippen LogP contribution in [0.2, 0.25) is 0 Å². The van der Waals surface area contributed by atoms with Gasteiger partial charge in [0.2, 0.25) is 11.9 Å². The standard InChI is InChI=1S/C26H30N6O2.C7H8.C2H6.2CH2O/c1-19(33)31-14-16-32(17-15-31)25(34)21-6-8-22(9-7-21)28-26-27-13-12-23(29-26)18-20-4-10-24(11-5-20)30(2)3;1-7-5-3-2-4-6-7;3*1-2/h4-13H,14-18H2,1-3H3,(H,27,28,29);2-6H,1H3;1-2H3;2*1H2. The van der Waals surface area contributed by atoms with Crippen molar-refractivity contribution in [2.75, 3.05) is 50.5 Å². The van der Waals surface area contributed by atoms with E-state index in [1.54, 1.807) is 35.1 Å². The second-order valence-electron chi connectivity index (χ2n) is 10.3. The van der Waals surface area contributed by atoms with E-state index in [4.69, 9.17) is 9.59 Å². The highest BCUT2D eigenvalue weighted by Gasteiger charge is 2.23. The molecule has 1 aromatic heterocycles. The first kappa shape index (κ1) is 39.6. The SMILES string of the molecule is C=O.C=O.CC.CC(=O)N1CCN(C(=O)c2ccc(Nc3nccc(Cc4ccc(N(C)C)cc4)n3)cc2)CC1.Cc1ccccc1. The first-order chi connectivity index (χ1) is 22.8. The second kappa shape index (κ2) is 22.2. The maximum atomic E-state index is 12.8. The van der Waals surface area contributed by atoms with Gasteiger partial charge in [-0.05, 0) is 55.0 Å². The molecule has 3 aromatic carbocycles. The lowest BCUT2D eigenvalue weighted by molar-refractivity contribution is -0.130. The molecular weight excluding hydrogens is 592 g/mol. The topological polar surface area (TPSA) is 116 Å². The van der Waals surface area contributed by atoms with Gasteiger partial charge in [0.05, 0.1) is 5.69 Å². The third-order valence-corrected chi connectivity index (χ3v) is 6.89. The number of rotatable bonds is 6. The number of nitrogens with zero attached hydrogens (tertiary/aromatic N) is 5. The predicted molar refractivity (Wildman–Crippen MR) is 190 cm³/mol. The molecule has 2 heterocycles. The molecule has 47 heavy (non-hydrogen) atoms. The molecular formula is C37H48N6O4. The fourth-order valence-corrected chi connectivity index (χ4v) is 4.44. The summed E-state index contributed by atoms with van der Waals surface area (Å²) in [6.07, 6.45) is 2.46. The van der Waals surface area contributed by atoms with E-state index in [-0.39, 0.29) is 11.8 Å². The van der Waals surface area contributed by atoms with Gasteiger partial charge in [-0.3, -0.25) is 9.59 Å². The van der Waals surface area contributed by atoms with E-state index in [1.165, 1.54) is 11.1 Å². The predicted octanol–water partition coefficient (Wildman–Crippen LogP) is 5.83. The molecule has 1 saturated heterocycles. The Kier molecular flexibility index (Phi) is 18.7. The van der Waals surface area contributed by atoms with E-state index < -0.39 is 0 Å². The van der Waals surface area contributed by atoms with E-state index >= 15 is 0 Å². The largest absolute Gasteiger partial charge is 0.378 e. The Morgan fingerprint density at radius 1 is 0.787 bits per heavy atom. The number of nitrogens with one attached hydrogen (secondary N) is 1. The van der Waals surface area contributed by atoms with E-state index in [0.29, 0.717) is 37.7 Å². The highest BCUT2D eigenvalue weighted by molar-refractivity contribution is 5.94. The van der Waals surface area contributed by atoms with Gasteiger partial charge < -0.3 is 29.6 Å². The van der Waals surface area contributed by atoms with Crippen LogP contribution < -0.4 is 10.2 Å². The average molecular weight is 641 g/mol. The monoisotopic (exact) mass is 640 g/mol. The lowest BCUT2D eigenvalue weighted by atomic mass is 10.1. The number of piperazine rings is 1. The zero-order valence-electron chi connectivity index (χ0n) is 28.5. The summed E-state index contributed by atoms with van der Waals surface area (Å²) in [5.74, 6) is 0.547. The van der Waals surface area contributed by atoms with Gasteiger partial charge in [-0.25, -0.2) is 9.97 Å². The molecule has 0 saturated carbocycles. The molecule has 5 rings (SSSR count). The first-order valence-corrected chi connectivity index (χ1v) is 15.4. The lowest BCUT2D eigenvalue weighted by Gasteiger charge is -2.34. The van der Waals surface area contributed by atoms with E-state index in [0.717, 1.165) is 23.5 Å². The zero-order valence-corrected chi connectivity index (χ0v) is 28.5. The quantitative estimate of drug-likeness (QED) is 0.280. The highest BCUT2D eigenvalue weighted by Crippen LogP contribution is 2.18. The molecule has 0 bridgehead atoms. The van der Waals surface area contributed by atoms with Gasteiger partial charge in [0.15, 0.2) is 0 Å². The summed E-state index contributed by atoms with van der Waals surface area (Å²) in [4.78, 5) is 54.9. The van der Waals surface area contributed by atoms with Crippen molar-refractivity contribution < 1.29 is 19.2 Å². The number of aryl methyl sites for hydroxylation is 1. The maximum Gasteiger partial charge on any atom is 0.253 e. The number of aromatic nitrogens is 2. The first-order valence-electron chi connectivity index (χ1n) is 15.4. The van der Waals surface area contributed by atoms with Crippen molar-refractivity contribution in [3.05, 3.63) is 114 Å². The molecule has 0 atom stereocenters. The Balaban J connectivity index is 0.000000726. The molecule has 10 heteroatoms. The molecule has 1 aliphatic heterocycles. The summed E-state index contributed by atoms with van der Waals surface area (Å²) < 4.78 is 0. The summed E-state index contributed by atoms with van der Waals surface area (Å²) >= 11 is 0. The average Bonchev–Trinajstić information content (AvgIpc) is 3.12. The Morgan fingerprint density at radius 2 is 1.34 bits per heavy atom. The Bertz CT molecular complexity index is 1450. The van der Waals surface area contributed by atoms with Crippen molar-refractivity contribution in [1.82, 2.24) is 19.8 Å². The van der Waals surface area contributed by atoms with Crippen LogP contribution in [0.5, 0.6) is 0 Å².